The SMILES string of the molecule is CC1CC(NC(=O)Cc2ccc(N)cc2)CCN1C. The van der Waals surface area contributed by atoms with Crippen LogP contribution in [0.15, 0.2) is 24.3 Å². The third kappa shape index (κ3) is 3.96. The summed E-state index contributed by atoms with van der Waals surface area (Å²) in [6.07, 6.45) is 2.50. The second kappa shape index (κ2) is 6.06. The van der Waals surface area contributed by atoms with Crippen molar-refractivity contribution in [2.75, 3.05) is 19.3 Å². The minimum absolute atomic E-state index is 0.103. The molecule has 2 rings (SSSR count). The number of nitrogens with zero attached hydrogens (tertiary/aromatic N) is 1. The molecule has 4 heteroatoms. The third-order valence-electron chi connectivity index (χ3n) is 3.92. The van der Waals surface area contributed by atoms with Gasteiger partial charge in [-0.15, -0.1) is 0 Å². The lowest BCUT2D eigenvalue weighted by Crippen LogP contribution is -2.47. The minimum atomic E-state index is 0.103. The van der Waals surface area contributed by atoms with Crippen LogP contribution in [0.2, 0.25) is 0 Å². The van der Waals surface area contributed by atoms with Gasteiger partial charge in [0.05, 0.1) is 6.42 Å². The Labute approximate surface area is 115 Å². The van der Waals surface area contributed by atoms with Gasteiger partial charge >= 0.3 is 0 Å². The molecule has 0 saturated carbocycles. The van der Waals surface area contributed by atoms with E-state index in [0.29, 0.717) is 18.5 Å². The first-order valence-corrected chi connectivity index (χ1v) is 6.88. The maximum atomic E-state index is 12.0. The summed E-state index contributed by atoms with van der Waals surface area (Å²) in [4.78, 5) is 14.3. The number of anilines is 1. The van der Waals surface area contributed by atoms with Crippen molar-refractivity contribution in [3.8, 4) is 0 Å². The van der Waals surface area contributed by atoms with Gasteiger partial charge in [0.25, 0.3) is 0 Å². The molecule has 2 unspecified atom stereocenters. The topological polar surface area (TPSA) is 58.4 Å². The Kier molecular flexibility index (Phi) is 4.43. The number of benzene rings is 1. The average Bonchev–Trinajstić information content (AvgIpc) is 2.37. The Morgan fingerprint density at radius 3 is 2.74 bits per heavy atom. The van der Waals surface area contributed by atoms with Gasteiger partial charge in [-0.25, -0.2) is 0 Å². The van der Waals surface area contributed by atoms with Crippen LogP contribution in [0.3, 0.4) is 0 Å². The minimum Gasteiger partial charge on any atom is -0.399 e. The van der Waals surface area contributed by atoms with Gasteiger partial charge in [-0.2, -0.15) is 0 Å². The van der Waals surface area contributed by atoms with Crippen LogP contribution in [-0.2, 0) is 11.2 Å². The second-order valence-electron chi connectivity index (χ2n) is 5.54. The van der Waals surface area contributed by atoms with E-state index in [2.05, 4.69) is 24.2 Å². The number of piperidine rings is 1. The van der Waals surface area contributed by atoms with Crippen molar-refractivity contribution < 1.29 is 4.79 Å². The molecular formula is C15H23N3O. The van der Waals surface area contributed by atoms with Crippen LogP contribution in [0, 0.1) is 0 Å². The van der Waals surface area contributed by atoms with Crippen LogP contribution in [-0.4, -0.2) is 36.5 Å². The Hall–Kier alpha value is -1.55. The van der Waals surface area contributed by atoms with Gasteiger partial charge in [0.1, 0.15) is 0 Å². The summed E-state index contributed by atoms with van der Waals surface area (Å²) < 4.78 is 0. The summed E-state index contributed by atoms with van der Waals surface area (Å²) >= 11 is 0. The van der Waals surface area contributed by atoms with E-state index in [-0.39, 0.29) is 5.91 Å². The zero-order valence-corrected chi connectivity index (χ0v) is 11.7. The van der Waals surface area contributed by atoms with Gasteiger partial charge in [0.2, 0.25) is 5.91 Å². The fourth-order valence-corrected chi connectivity index (χ4v) is 2.52. The van der Waals surface area contributed by atoms with Crippen molar-refractivity contribution >= 4 is 11.6 Å². The first-order valence-electron chi connectivity index (χ1n) is 6.88. The molecule has 19 heavy (non-hydrogen) atoms. The fraction of sp³-hybridized carbons (Fsp3) is 0.533. The number of amides is 1. The van der Waals surface area contributed by atoms with Gasteiger partial charge < -0.3 is 16.0 Å². The molecule has 0 aliphatic carbocycles. The lowest BCUT2D eigenvalue weighted by Gasteiger charge is -2.35. The van der Waals surface area contributed by atoms with Gasteiger partial charge in [0, 0.05) is 24.3 Å². The van der Waals surface area contributed by atoms with Crippen molar-refractivity contribution in [3.05, 3.63) is 29.8 Å². The molecule has 1 fully saturated rings. The molecule has 1 saturated heterocycles. The lowest BCUT2D eigenvalue weighted by atomic mass is 9.98. The fourth-order valence-electron chi connectivity index (χ4n) is 2.52. The molecule has 0 bridgehead atoms. The molecule has 1 aromatic carbocycles. The Morgan fingerprint density at radius 1 is 1.42 bits per heavy atom. The molecular weight excluding hydrogens is 238 g/mol. The maximum Gasteiger partial charge on any atom is 0.224 e. The molecule has 3 N–H and O–H groups in total. The van der Waals surface area contributed by atoms with Gasteiger partial charge in [-0.05, 0) is 44.5 Å². The number of carbonyl (C=O) groups is 1. The number of hydrogen-bond acceptors (Lipinski definition) is 3. The largest absolute Gasteiger partial charge is 0.399 e. The van der Waals surface area contributed by atoms with E-state index in [4.69, 9.17) is 5.73 Å². The van der Waals surface area contributed by atoms with Crippen LogP contribution in [0.25, 0.3) is 0 Å². The van der Waals surface area contributed by atoms with Crippen LogP contribution < -0.4 is 11.1 Å². The summed E-state index contributed by atoms with van der Waals surface area (Å²) in [5, 5.41) is 3.14. The highest BCUT2D eigenvalue weighted by Crippen LogP contribution is 2.15. The van der Waals surface area contributed by atoms with Gasteiger partial charge in [-0.1, -0.05) is 12.1 Å². The molecule has 1 aliphatic heterocycles. The van der Waals surface area contributed by atoms with Crippen LogP contribution in [0.1, 0.15) is 25.3 Å². The number of nitrogen functional groups attached to an aromatic ring is 1. The van der Waals surface area contributed by atoms with Gasteiger partial charge in [-0.3, -0.25) is 4.79 Å². The number of rotatable bonds is 3. The summed E-state index contributed by atoms with van der Waals surface area (Å²) in [5.41, 5.74) is 7.37. The highest BCUT2D eigenvalue weighted by molar-refractivity contribution is 5.79. The Bertz CT molecular complexity index is 430. The predicted molar refractivity (Wildman–Crippen MR) is 77.8 cm³/mol. The summed E-state index contributed by atoms with van der Waals surface area (Å²) in [6, 6.07) is 8.34. The van der Waals surface area contributed by atoms with E-state index in [1.54, 1.807) is 0 Å². The molecule has 4 nitrogen and oxygen atoms in total. The van der Waals surface area contributed by atoms with Crippen molar-refractivity contribution in [1.29, 1.82) is 0 Å². The van der Waals surface area contributed by atoms with E-state index in [1.165, 1.54) is 0 Å². The highest BCUT2D eigenvalue weighted by atomic mass is 16.1. The lowest BCUT2D eigenvalue weighted by molar-refractivity contribution is -0.121. The number of nitrogens with one attached hydrogen (secondary N) is 1. The van der Waals surface area contributed by atoms with Crippen LogP contribution in [0.4, 0.5) is 5.69 Å². The maximum absolute atomic E-state index is 12.0. The second-order valence-corrected chi connectivity index (χ2v) is 5.54. The Balaban J connectivity index is 1.83. The third-order valence-corrected chi connectivity index (χ3v) is 3.92. The monoisotopic (exact) mass is 261 g/mol. The summed E-state index contributed by atoms with van der Waals surface area (Å²) in [7, 11) is 2.14. The summed E-state index contributed by atoms with van der Waals surface area (Å²) in [5.74, 6) is 0.103. The normalized spacial score (nSPS) is 24.1. The average molecular weight is 261 g/mol. The van der Waals surface area contributed by atoms with Crippen molar-refractivity contribution in [1.82, 2.24) is 10.2 Å². The molecule has 2 atom stereocenters. The first kappa shape index (κ1) is 13.9. The van der Waals surface area contributed by atoms with E-state index in [1.807, 2.05) is 24.3 Å². The Morgan fingerprint density at radius 2 is 2.11 bits per heavy atom. The van der Waals surface area contributed by atoms with E-state index < -0.39 is 0 Å². The molecule has 1 heterocycles. The number of carbonyl (C=O) groups excluding carboxylic acids is 1. The quantitative estimate of drug-likeness (QED) is 0.809. The van der Waals surface area contributed by atoms with Crippen molar-refractivity contribution in [2.24, 2.45) is 0 Å². The van der Waals surface area contributed by atoms with E-state index in [0.717, 1.165) is 30.6 Å². The van der Waals surface area contributed by atoms with Crippen LogP contribution >= 0.6 is 0 Å². The van der Waals surface area contributed by atoms with Crippen LogP contribution in [0.5, 0.6) is 0 Å². The van der Waals surface area contributed by atoms with Gasteiger partial charge in [0.15, 0.2) is 0 Å². The standard InChI is InChI=1S/C15H23N3O/c1-11-9-14(7-8-18(11)2)17-15(19)10-12-3-5-13(16)6-4-12/h3-6,11,14H,7-10,16H2,1-2H3,(H,17,19). The first-order chi connectivity index (χ1) is 9.04. The van der Waals surface area contributed by atoms with Crippen molar-refractivity contribution in [3.63, 3.8) is 0 Å². The zero-order chi connectivity index (χ0) is 13.8. The molecule has 1 amide bonds. The van der Waals surface area contributed by atoms with E-state index in [9.17, 15) is 4.79 Å². The molecule has 1 aromatic rings. The highest BCUT2D eigenvalue weighted by Gasteiger charge is 2.23. The van der Waals surface area contributed by atoms with Crippen molar-refractivity contribution in [2.45, 2.75) is 38.3 Å². The smallest absolute Gasteiger partial charge is 0.224 e. The zero-order valence-electron chi connectivity index (χ0n) is 11.7. The molecule has 104 valence electrons. The molecule has 0 spiro atoms. The molecule has 1 aliphatic rings. The number of likely N-dealkylation sites (tertiary alicyclic amines) is 1. The number of hydrogen-bond donors (Lipinski definition) is 2. The predicted octanol–water partition coefficient (Wildman–Crippen LogP) is 1.41. The number of nitrogens with two attached hydrogens (primary N) is 1. The summed E-state index contributed by atoms with van der Waals surface area (Å²) in [6.45, 7) is 3.26. The van der Waals surface area contributed by atoms with E-state index >= 15 is 0 Å². The molecule has 0 radical (unpaired) electrons. The molecule has 0 aromatic heterocycles.